The Labute approximate surface area is 174 Å². The Morgan fingerprint density at radius 3 is 2.57 bits per heavy atom. The molecule has 30 heavy (non-hydrogen) atoms. The standard InChI is InChI=1S/C20H25N3O7/c1-4-29-19(26)20(8-5-9-22-17(20)18(25)23-16(24)11-21)30-12-13-6-7-14(27-2)15(10-13)28-3/h5-10,17H,4,11-12,21H2,1-3H3,(H,23,24,25). The second kappa shape index (κ2) is 10.5. The molecule has 0 spiro atoms. The van der Waals surface area contributed by atoms with Crippen LogP contribution in [0.3, 0.4) is 0 Å². The van der Waals surface area contributed by atoms with Crippen LogP contribution in [-0.4, -0.2) is 63.0 Å². The van der Waals surface area contributed by atoms with Crippen LogP contribution in [0.25, 0.3) is 0 Å². The topological polar surface area (TPSA) is 139 Å². The minimum absolute atomic E-state index is 0.0634. The second-order valence-corrected chi connectivity index (χ2v) is 6.17. The van der Waals surface area contributed by atoms with Gasteiger partial charge in [0.2, 0.25) is 11.5 Å². The summed E-state index contributed by atoms with van der Waals surface area (Å²) in [7, 11) is 3.01. The van der Waals surface area contributed by atoms with Gasteiger partial charge in [0.05, 0.1) is 34.0 Å². The summed E-state index contributed by atoms with van der Waals surface area (Å²) < 4.78 is 21.5. The number of methoxy groups -OCH3 is 2. The summed E-state index contributed by atoms with van der Waals surface area (Å²) in [4.78, 5) is 41.1. The molecule has 162 valence electrons. The Bertz CT molecular complexity index is 853. The Morgan fingerprint density at radius 1 is 1.20 bits per heavy atom. The van der Waals surface area contributed by atoms with Gasteiger partial charge in [-0.1, -0.05) is 6.07 Å². The summed E-state index contributed by atoms with van der Waals surface area (Å²) in [6.07, 6.45) is 4.20. The number of amides is 2. The number of allylic oxidation sites excluding steroid dienone is 1. The van der Waals surface area contributed by atoms with E-state index in [0.29, 0.717) is 17.1 Å². The van der Waals surface area contributed by atoms with Gasteiger partial charge in [0.15, 0.2) is 17.5 Å². The fourth-order valence-corrected chi connectivity index (χ4v) is 2.83. The number of hydrogen-bond donors (Lipinski definition) is 2. The molecular formula is C20H25N3O7. The van der Waals surface area contributed by atoms with Crippen LogP contribution in [0.2, 0.25) is 0 Å². The van der Waals surface area contributed by atoms with Crippen LogP contribution in [0.4, 0.5) is 0 Å². The van der Waals surface area contributed by atoms with Crippen molar-refractivity contribution in [3.05, 3.63) is 35.9 Å². The minimum Gasteiger partial charge on any atom is -0.493 e. The van der Waals surface area contributed by atoms with E-state index in [0.717, 1.165) is 0 Å². The number of ether oxygens (including phenoxy) is 4. The number of imide groups is 1. The van der Waals surface area contributed by atoms with Crippen LogP contribution in [0.1, 0.15) is 12.5 Å². The number of nitrogens with one attached hydrogen (secondary N) is 1. The monoisotopic (exact) mass is 419 g/mol. The average molecular weight is 419 g/mol. The Hall–Kier alpha value is -3.24. The third-order valence-corrected chi connectivity index (χ3v) is 4.29. The molecule has 0 radical (unpaired) electrons. The molecule has 1 aliphatic heterocycles. The van der Waals surface area contributed by atoms with Gasteiger partial charge in [0, 0.05) is 6.21 Å². The lowest BCUT2D eigenvalue weighted by Gasteiger charge is -2.34. The fraction of sp³-hybridized carbons (Fsp3) is 0.400. The number of carbonyl (C=O) groups is 3. The fourth-order valence-electron chi connectivity index (χ4n) is 2.83. The van der Waals surface area contributed by atoms with Gasteiger partial charge in [-0.2, -0.15) is 0 Å². The Balaban J connectivity index is 2.34. The van der Waals surface area contributed by atoms with E-state index in [1.54, 1.807) is 25.1 Å². The number of dihydropyridines is 1. The van der Waals surface area contributed by atoms with Crippen molar-refractivity contribution in [2.75, 3.05) is 27.4 Å². The summed E-state index contributed by atoms with van der Waals surface area (Å²) in [5.74, 6) is -1.34. The number of hydrogen-bond acceptors (Lipinski definition) is 9. The number of carbonyl (C=O) groups excluding carboxylic acids is 3. The lowest BCUT2D eigenvalue weighted by molar-refractivity contribution is -0.172. The average Bonchev–Trinajstić information content (AvgIpc) is 2.77. The molecule has 0 aliphatic carbocycles. The van der Waals surface area contributed by atoms with E-state index in [-0.39, 0.29) is 13.2 Å². The molecule has 2 atom stereocenters. The number of nitrogens with zero attached hydrogens (tertiary/aromatic N) is 1. The highest BCUT2D eigenvalue weighted by molar-refractivity contribution is 6.04. The largest absolute Gasteiger partial charge is 0.493 e. The molecule has 0 saturated carbocycles. The number of esters is 1. The SMILES string of the molecule is CCOC(=O)C1(OCc2ccc(OC)c(OC)c2)C=CC=NC1C(=O)NC(=O)CN. The molecule has 0 saturated heterocycles. The molecule has 1 aromatic carbocycles. The zero-order valence-corrected chi connectivity index (χ0v) is 17.0. The maximum Gasteiger partial charge on any atom is 0.345 e. The normalized spacial score (nSPS) is 19.8. The molecule has 2 amide bonds. The van der Waals surface area contributed by atoms with Gasteiger partial charge in [-0.05, 0) is 36.8 Å². The summed E-state index contributed by atoms with van der Waals surface area (Å²) in [6, 6.07) is 3.72. The van der Waals surface area contributed by atoms with Gasteiger partial charge < -0.3 is 24.7 Å². The van der Waals surface area contributed by atoms with E-state index in [4.69, 9.17) is 24.7 Å². The number of aliphatic imine (C=N–C) groups is 1. The molecule has 1 aliphatic rings. The number of benzene rings is 1. The van der Waals surface area contributed by atoms with Gasteiger partial charge in [-0.15, -0.1) is 0 Å². The van der Waals surface area contributed by atoms with E-state index < -0.39 is 36.0 Å². The molecule has 0 fully saturated rings. The van der Waals surface area contributed by atoms with E-state index in [9.17, 15) is 14.4 Å². The third-order valence-electron chi connectivity index (χ3n) is 4.29. The first kappa shape index (κ1) is 23.0. The van der Waals surface area contributed by atoms with E-state index in [1.165, 1.54) is 32.6 Å². The van der Waals surface area contributed by atoms with Crippen molar-refractivity contribution >= 4 is 24.0 Å². The van der Waals surface area contributed by atoms with Crippen molar-refractivity contribution in [1.82, 2.24) is 5.32 Å². The van der Waals surface area contributed by atoms with Gasteiger partial charge in [-0.25, -0.2) is 4.79 Å². The zero-order chi connectivity index (χ0) is 22.1. The summed E-state index contributed by atoms with van der Waals surface area (Å²) in [5, 5.41) is 2.11. The lowest BCUT2D eigenvalue weighted by Crippen LogP contribution is -2.58. The van der Waals surface area contributed by atoms with Crippen LogP contribution in [0.15, 0.2) is 35.3 Å². The molecule has 0 bridgehead atoms. The molecule has 10 nitrogen and oxygen atoms in total. The highest BCUT2D eigenvalue weighted by Gasteiger charge is 2.51. The van der Waals surface area contributed by atoms with Gasteiger partial charge in [0.25, 0.3) is 5.91 Å². The van der Waals surface area contributed by atoms with Crippen molar-refractivity contribution in [2.24, 2.45) is 10.7 Å². The van der Waals surface area contributed by atoms with Crippen molar-refractivity contribution < 1.29 is 33.3 Å². The van der Waals surface area contributed by atoms with Crippen molar-refractivity contribution in [3.8, 4) is 11.5 Å². The van der Waals surface area contributed by atoms with Crippen molar-refractivity contribution in [1.29, 1.82) is 0 Å². The quantitative estimate of drug-likeness (QED) is 0.539. The van der Waals surface area contributed by atoms with Crippen LogP contribution < -0.4 is 20.5 Å². The molecule has 3 N–H and O–H groups in total. The maximum atomic E-state index is 12.8. The van der Waals surface area contributed by atoms with Crippen molar-refractivity contribution in [3.63, 3.8) is 0 Å². The van der Waals surface area contributed by atoms with Gasteiger partial charge in [-0.3, -0.25) is 19.9 Å². The predicted molar refractivity (Wildman–Crippen MR) is 107 cm³/mol. The van der Waals surface area contributed by atoms with Crippen molar-refractivity contribution in [2.45, 2.75) is 25.2 Å². The third kappa shape index (κ3) is 5.02. The maximum absolute atomic E-state index is 12.8. The van der Waals surface area contributed by atoms with Crippen LogP contribution >= 0.6 is 0 Å². The van der Waals surface area contributed by atoms with Gasteiger partial charge in [0.1, 0.15) is 0 Å². The Kier molecular flexibility index (Phi) is 8.07. The molecule has 0 aromatic heterocycles. The number of nitrogens with two attached hydrogens (primary N) is 1. The smallest absolute Gasteiger partial charge is 0.345 e. The predicted octanol–water partition coefficient (Wildman–Crippen LogP) is 0.133. The molecule has 2 unspecified atom stereocenters. The first-order chi connectivity index (χ1) is 14.4. The van der Waals surface area contributed by atoms with E-state index in [2.05, 4.69) is 10.3 Å². The summed E-state index contributed by atoms with van der Waals surface area (Å²) in [5.41, 5.74) is 4.03. The van der Waals surface area contributed by atoms with Crippen LogP contribution in [0.5, 0.6) is 11.5 Å². The molecule has 1 aromatic rings. The number of rotatable bonds is 9. The Morgan fingerprint density at radius 2 is 1.93 bits per heavy atom. The molecule has 10 heteroatoms. The molecule has 2 rings (SSSR count). The van der Waals surface area contributed by atoms with Crippen LogP contribution in [0, 0.1) is 0 Å². The highest BCUT2D eigenvalue weighted by Crippen LogP contribution is 2.31. The molecule has 1 heterocycles. The lowest BCUT2D eigenvalue weighted by atomic mass is 9.90. The summed E-state index contributed by atoms with van der Waals surface area (Å²) in [6.45, 7) is 1.22. The first-order valence-corrected chi connectivity index (χ1v) is 9.18. The molecular weight excluding hydrogens is 394 g/mol. The summed E-state index contributed by atoms with van der Waals surface area (Å²) >= 11 is 0. The minimum atomic E-state index is -1.86. The highest BCUT2D eigenvalue weighted by atomic mass is 16.6. The van der Waals surface area contributed by atoms with E-state index >= 15 is 0 Å². The van der Waals surface area contributed by atoms with Crippen LogP contribution in [-0.2, 0) is 30.5 Å². The van der Waals surface area contributed by atoms with Gasteiger partial charge >= 0.3 is 5.97 Å². The zero-order valence-electron chi connectivity index (χ0n) is 17.0. The van der Waals surface area contributed by atoms with E-state index in [1.807, 2.05) is 0 Å². The first-order valence-electron chi connectivity index (χ1n) is 9.18. The second-order valence-electron chi connectivity index (χ2n) is 6.17.